The van der Waals surface area contributed by atoms with Crippen LogP contribution in [0, 0.1) is 0 Å². The summed E-state index contributed by atoms with van der Waals surface area (Å²) in [6.07, 6.45) is 2.35. The molecule has 0 aliphatic heterocycles. The average molecular weight is 243 g/mol. The minimum absolute atomic E-state index is 0.105. The zero-order valence-corrected chi connectivity index (χ0v) is 9.98. The highest BCUT2D eigenvalue weighted by Gasteiger charge is 2.15. The Kier molecular flexibility index (Phi) is 4.37. The van der Waals surface area contributed by atoms with Gasteiger partial charge < -0.3 is 0 Å². The van der Waals surface area contributed by atoms with Gasteiger partial charge >= 0.3 is 0 Å². The Labute approximate surface area is 99.7 Å². The molecule has 1 aromatic rings. The molecule has 0 saturated heterocycles. The third-order valence-corrected chi connectivity index (χ3v) is 2.98. The van der Waals surface area contributed by atoms with Crippen molar-refractivity contribution in [2.24, 2.45) is 0 Å². The number of rotatable bonds is 4. The van der Waals surface area contributed by atoms with Crippen molar-refractivity contribution in [2.75, 3.05) is 0 Å². The number of carbonyl (C=O) groups is 1. The first-order chi connectivity index (χ1) is 7.06. The molecule has 1 nitrogen and oxygen atoms in total. The van der Waals surface area contributed by atoms with Gasteiger partial charge in [0.2, 0.25) is 0 Å². The maximum atomic E-state index is 11.4. The molecule has 0 N–H and O–H groups in total. The van der Waals surface area contributed by atoms with Gasteiger partial charge in [0, 0.05) is 5.92 Å². The number of ketones is 1. The molecule has 0 aliphatic rings. The summed E-state index contributed by atoms with van der Waals surface area (Å²) in [5.74, 6) is -0.0643. The molecule has 3 heteroatoms. The van der Waals surface area contributed by atoms with Crippen LogP contribution in [0.25, 0.3) is 0 Å². The number of allylic oxidation sites excluding steroid dienone is 1. The molecule has 0 aromatic heterocycles. The lowest BCUT2D eigenvalue weighted by Gasteiger charge is -2.12. The number of hydrogen-bond acceptors (Lipinski definition) is 1. The van der Waals surface area contributed by atoms with E-state index in [1.165, 1.54) is 0 Å². The molecule has 0 spiro atoms. The molecule has 0 amide bonds. The summed E-state index contributed by atoms with van der Waals surface area (Å²) in [5.41, 5.74) is 0.886. The molecule has 0 heterocycles. The average Bonchev–Trinajstić information content (AvgIpc) is 2.18. The zero-order chi connectivity index (χ0) is 11.4. The van der Waals surface area contributed by atoms with Gasteiger partial charge in [-0.25, -0.2) is 0 Å². The van der Waals surface area contributed by atoms with Gasteiger partial charge in [0.05, 0.1) is 10.0 Å². The van der Waals surface area contributed by atoms with Crippen molar-refractivity contribution < 1.29 is 4.79 Å². The second kappa shape index (κ2) is 5.34. The highest BCUT2D eigenvalue weighted by molar-refractivity contribution is 6.42. The van der Waals surface area contributed by atoms with Crippen LogP contribution >= 0.6 is 23.2 Å². The highest BCUT2D eigenvalue weighted by Crippen LogP contribution is 2.28. The van der Waals surface area contributed by atoms with E-state index in [4.69, 9.17) is 23.2 Å². The van der Waals surface area contributed by atoms with Crippen LogP contribution in [0.2, 0.25) is 10.0 Å². The number of halogens is 2. The number of hydrogen-bond donors (Lipinski definition) is 0. The Hall–Kier alpha value is -0.790. The molecule has 1 aromatic carbocycles. The van der Waals surface area contributed by atoms with E-state index in [-0.39, 0.29) is 11.7 Å². The summed E-state index contributed by atoms with van der Waals surface area (Å²) >= 11 is 11.7. The van der Waals surface area contributed by atoms with E-state index in [0.29, 0.717) is 16.5 Å². The van der Waals surface area contributed by atoms with Gasteiger partial charge in [-0.1, -0.05) is 35.3 Å². The number of Topliss-reactive ketones (excluding diaryl/α,β-unsaturated/α-hetero) is 1. The molecule has 0 radical (unpaired) electrons. The first-order valence-electron chi connectivity index (χ1n) is 4.62. The molecule has 0 bridgehead atoms. The Morgan fingerprint density at radius 2 is 2.13 bits per heavy atom. The second-order valence-corrected chi connectivity index (χ2v) is 4.18. The van der Waals surface area contributed by atoms with Crippen LogP contribution in [0.5, 0.6) is 0 Å². The van der Waals surface area contributed by atoms with E-state index in [0.717, 1.165) is 5.56 Å². The van der Waals surface area contributed by atoms with Crippen LogP contribution in [-0.4, -0.2) is 5.78 Å². The monoisotopic (exact) mass is 242 g/mol. The van der Waals surface area contributed by atoms with Gasteiger partial charge in [-0.2, -0.15) is 0 Å². The number of carbonyl (C=O) groups excluding carboxylic acids is 1. The van der Waals surface area contributed by atoms with Crippen LogP contribution in [0.4, 0.5) is 0 Å². The van der Waals surface area contributed by atoms with Gasteiger partial charge in [-0.3, -0.25) is 4.79 Å². The molecular formula is C12H12Cl2O. The molecule has 0 fully saturated rings. The first kappa shape index (κ1) is 12.3. The minimum Gasteiger partial charge on any atom is -0.299 e. The van der Waals surface area contributed by atoms with Crippen molar-refractivity contribution in [2.45, 2.75) is 19.3 Å². The molecular weight excluding hydrogens is 231 g/mol. The van der Waals surface area contributed by atoms with E-state index >= 15 is 0 Å². The van der Waals surface area contributed by atoms with E-state index in [1.807, 2.05) is 6.07 Å². The SMILES string of the molecule is C=CC[C@H](C(C)=O)c1ccc(Cl)c(Cl)c1. The third kappa shape index (κ3) is 3.08. The van der Waals surface area contributed by atoms with E-state index in [9.17, 15) is 4.79 Å². The molecule has 80 valence electrons. The largest absolute Gasteiger partial charge is 0.299 e. The summed E-state index contributed by atoms with van der Waals surface area (Å²) in [5, 5.41) is 0.978. The molecule has 0 saturated carbocycles. The molecule has 1 rings (SSSR count). The quantitative estimate of drug-likeness (QED) is 0.722. The van der Waals surface area contributed by atoms with E-state index < -0.39 is 0 Å². The van der Waals surface area contributed by atoms with Crippen molar-refractivity contribution in [3.05, 3.63) is 46.5 Å². The standard InChI is InChI=1S/C12H12Cl2O/c1-3-4-10(8(2)15)9-5-6-11(13)12(14)7-9/h3,5-7,10H,1,4H2,2H3/t10-/m1/s1. The fourth-order valence-corrected chi connectivity index (χ4v) is 1.74. The van der Waals surface area contributed by atoms with Gasteiger partial charge in [-0.05, 0) is 31.0 Å². The Balaban J connectivity index is 3.06. The second-order valence-electron chi connectivity index (χ2n) is 3.36. The topological polar surface area (TPSA) is 17.1 Å². The lowest BCUT2D eigenvalue weighted by Crippen LogP contribution is -2.07. The minimum atomic E-state index is -0.169. The van der Waals surface area contributed by atoms with Crippen molar-refractivity contribution in [1.29, 1.82) is 0 Å². The van der Waals surface area contributed by atoms with Crippen LogP contribution in [0.15, 0.2) is 30.9 Å². The lowest BCUT2D eigenvalue weighted by molar-refractivity contribution is -0.118. The Morgan fingerprint density at radius 3 is 2.60 bits per heavy atom. The van der Waals surface area contributed by atoms with Crippen molar-refractivity contribution in [3.8, 4) is 0 Å². The zero-order valence-electron chi connectivity index (χ0n) is 8.47. The fourth-order valence-electron chi connectivity index (χ4n) is 1.43. The van der Waals surface area contributed by atoms with Crippen molar-refractivity contribution >= 4 is 29.0 Å². The molecule has 0 aliphatic carbocycles. The van der Waals surface area contributed by atoms with Gasteiger partial charge in [0.1, 0.15) is 5.78 Å². The number of benzene rings is 1. The van der Waals surface area contributed by atoms with Crippen molar-refractivity contribution in [3.63, 3.8) is 0 Å². The predicted octanol–water partition coefficient (Wildman–Crippen LogP) is 4.24. The van der Waals surface area contributed by atoms with E-state index in [2.05, 4.69) is 6.58 Å². The summed E-state index contributed by atoms with van der Waals surface area (Å²) in [6, 6.07) is 5.27. The summed E-state index contributed by atoms with van der Waals surface area (Å²) in [4.78, 5) is 11.4. The van der Waals surface area contributed by atoms with Crippen LogP contribution in [0.1, 0.15) is 24.8 Å². The Bertz CT molecular complexity index is 385. The van der Waals surface area contributed by atoms with Crippen molar-refractivity contribution in [1.82, 2.24) is 0 Å². The lowest BCUT2D eigenvalue weighted by atomic mass is 9.92. The summed E-state index contributed by atoms with van der Waals surface area (Å²) < 4.78 is 0. The van der Waals surface area contributed by atoms with Gasteiger partial charge in [-0.15, -0.1) is 6.58 Å². The predicted molar refractivity (Wildman–Crippen MR) is 64.7 cm³/mol. The molecule has 1 atom stereocenters. The maximum absolute atomic E-state index is 11.4. The molecule has 0 unspecified atom stereocenters. The fraction of sp³-hybridized carbons (Fsp3) is 0.250. The molecule has 15 heavy (non-hydrogen) atoms. The maximum Gasteiger partial charge on any atom is 0.137 e. The normalized spacial score (nSPS) is 12.2. The van der Waals surface area contributed by atoms with Crippen LogP contribution in [-0.2, 0) is 4.79 Å². The summed E-state index contributed by atoms with van der Waals surface area (Å²) in [7, 11) is 0. The van der Waals surface area contributed by atoms with Crippen LogP contribution in [0.3, 0.4) is 0 Å². The van der Waals surface area contributed by atoms with Crippen LogP contribution < -0.4 is 0 Å². The third-order valence-electron chi connectivity index (χ3n) is 2.24. The first-order valence-corrected chi connectivity index (χ1v) is 5.38. The Morgan fingerprint density at radius 1 is 1.47 bits per heavy atom. The van der Waals surface area contributed by atoms with E-state index in [1.54, 1.807) is 25.1 Å². The highest BCUT2D eigenvalue weighted by atomic mass is 35.5. The van der Waals surface area contributed by atoms with Gasteiger partial charge in [0.25, 0.3) is 0 Å². The summed E-state index contributed by atoms with van der Waals surface area (Å²) in [6.45, 7) is 5.20. The smallest absolute Gasteiger partial charge is 0.137 e. The van der Waals surface area contributed by atoms with Gasteiger partial charge in [0.15, 0.2) is 0 Å².